The van der Waals surface area contributed by atoms with Gasteiger partial charge >= 0.3 is 0 Å². The number of aryl methyl sites for hydroxylation is 1. The van der Waals surface area contributed by atoms with Crippen molar-refractivity contribution in [3.63, 3.8) is 0 Å². The van der Waals surface area contributed by atoms with Gasteiger partial charge in [-0.25, -0.2) is 9.97 Å². The lowest BCUT2D eigenvalue weighted by molar-refractivity contribution is 0.415. The number of methoxy groups -OCH3 is 1. The summed E-state index contributed by atoms with van der Waals surface area (Å²) in [5.74, 6) is 0.855. The van der Waals surface area contributed by atoms with E-state index in [0.29, 0.717) is 0 Å². The van der Waals surface area contributed by atoms with Gasteiger partial charge in [0.05, 0.1) is 29.5 Å². The number of hydrogen-bond acceptors (Lipinski definition) is 3. The molecule has 1 heterocycles. The zero-order chi connectivity index (χ0) is 14.7. The lowest BCUT2D eigenvalue weighted by atomic mass is 10.1. The summed E-state index contributed by atoms with van der Waals surface area (Å²) in [4.78, 5) is 9.23. The van der Waals surface area contributed by atoms with Crippen LogP contribution in [0, 0.1) is 6.92 Å². The molecule has 0 radical (unpaired) electrons. The van der Waals surface area contributed by atoms with E-state index in [1.807, 2.05) is 67.6 Å². The summed E-state index contributed by atoms with van der Waals surface area (Å²) in [7, 11) is 1.67. The molecule has 2 aromatic carbocycles. The first-order chi connectivity index (χ1) is 10.3. The molecule has 3 nitrogen and oxygen atoms in total. The summed E-state index contributed by atoms with van der Waals surface area (Å²) in [6.45, 7) is 1.98. The predicted molar refractivity (Wildman–Crippen MR) is 86.2 cm³/mol. The maximum atomic E-state index is 5.15. The standard InChI is InChI=1S/C18H16N2O/c1-13-16(20-18-6-4-3-5-17(18)19-13)12-9-14-7-10-15(21-2)11-8-14/h3-12H,1-2H3/b12-9+. The van der Waals surface area contributed by atoms with Gasteiger partial charge in [-0.3, -0.25) is 0 Å². The van der Waals surface area contributed by atoms with Crippen LogP contribution in [0.3, 0.4) is 0 Å². The molecule has 0 aliphatic rings. The number of rotatable bonds is 3. The van der Waals surface area contributed by atoms with Gasteiger partial charge in [-0.1, -0.05) is 30.3 Å². The van der Waals surface area contributed by atoms with Gasteiger partial charge < -0.3 is 4.74 Å². The maximum absolute atomic E-state index is 5.15. The molecule has 3 heteroatoms. The van der Waals surface area contributed by atoms with Crippen molar-refractivity contribution in [2.45, 2.75) is 6.92 Å². The minimum atomic E-state index is 0.855. The summed E-state index contributed by atoms with van der Waals surface area (Å²) in [5, 5.41) is 0. The Bertz CT molecular complexity index is 792. The molecule has 0 N–H and O–H groups in total. The summed E-state index contributed by atoms with van der Waals surface area (Å²) >= 11 is 0. The normalized spacial score (nSPS) is 11.1. The Morgan fingerprint density at radius 2 is 1.52 bits per heavy atom. The molecule has 0 spiro atoms. The van der Waals surface area contributed by atoms with Gasteiger partial charge in [-0.15, -0.1) is 0 Å². The van der Waals surface area contributed by atoms with Crippen molar-refractivity contribution in [1.82, 2.24) is 9.97 Å². The number of ether oxygens (including phenoxy) is 1. The van der Waals surface area contributed by atoms with Crippen molar-refractivity contribution in [3.05, 3.63) is 65.5 Å². The Labute approximate surface area is 123 Å². The molecular weight excluding hydrogens is 260 g/mol. The van der Waals surface area contributed by atoms with E-state index in [-0.39, 0.29) is 0 Å². The van der Waals surface area contributed by atoms with Crippen molar-refractivity contribution in [2.24, 2.45) is 0 Å². The van der Waals surface area contributed by atoms with Gasteiger partial charge in [0.2, 0.25) is 0 Å². The quantitative estimate of drug-likeness (QED) is 0.722. The fourth-order valence-electron chi connectivity index (χ4n) is 2.15. The average Bonchev–Trinajstić information content (AvgIpc) is 2.53. The predicted octanol–water partition coefficient (Wildman–Crippen LogP) is 4.12. The molecule has 0 aliphatic carbocycles. The van der Waals surface area contributed by atoms with Gasteiger partial charge in [0, 0.05) is 0 Å². The highest BCUT2D eigenvalue weighted by Crippen LogP contribution is 2.16. The van der Waals surface area contributed by atoms with Crippen LogP contribution in [-0.4, -0.2) is 17.1 Å². The van der Waals surface area contributed by atoms with Gasteiger partial charge in [0.15, 0.2) is 0 Å². The second-order valence-corrected chi connectivity index (χ2v) is 4.79. The maximum Gasteiger partial charge on any atom is 0.118 e. The molecule has 1 aromatic heterocycles. The second-order valence-electron chi connectivity index (χ2n) is 4.79. The lowest BCUT2D eigenvalue weighted by Crippen LogP contribution is -1.93. The number of fused-ring (bicyclic) bond motifs is 1. The number of para-hydroxylation sites is 2. The Balaban J connectivity index is 1.92. The zero-order valence-electron chi connectivity index (χ0n) is 12.1. The smallest absolute Gasteiger partial charge is 0.118 e. The minimum absolute atomic E-state index is 0.855. The first-order valence-electron chi connectivity index (χ1n) is 6.82. The van der Waals surface area contributed by atoms with E-state index in [9.17, 15) is 0 Å². The van der Waals surface area contributed by atoms with Gasteiger partial charge in [-0.05, 0) is 42.8 Å². The van der Waals surface area contributed by atoms with Crippen molar-refractivity contribution >= 4 is 23.2 Å². The summed E-state index contributed by atoms with van der Waals surface area (Å²) in [6.07, 6.45) is 4.03. The molecule has 21 heavy (non-hydrogen) atoms. The largest absolute Gasteiger partial charge is 0.497 e. The highest BCUT2D eigenvalue weighted by Gasteiger charge is 2.01. The number of benzene rings is 2. The molecule has 0 saturated carbocycles. The Morgan fingerprint density at radius 1 is 0.857 bits per heavy atom. The van der Waals surface area contributed by atoms with Crippen LogP contribution in [0.2, 0.25) is 0 Å². The Hall–Kier alpha value is -2.68. The van der Waals surface area contributed by atoms with Crippen molar-refractivity contribution in [1.29, 1.82) is 0 Å². The zero-order valence-corrected chi connectivity index (χ0v) is 12.1. The van der Waals surface area contributed by atoms with Gasteiger partial charge in [-0.2, -0.15) is 0 Å². The van der Waals surface area contributed by atoms with Crippen LogP contribution in [0.1, 0.15) is 17.0 Å². The third-order valence-electron chi connectivity index (χ3n) is 3.33. The summed E-state index contributed by atoms with van der Waals surface area (Å²) in [6, 6.07) is 15.8. The SMILES string of the molecule is COc1ccc(/C=C/c2nc3ccccc3nc2C)cc1. The molecular formula is C18H16N2O. The number of hydrogen-bond donors (Lipinski definition) is 0. The highest BCUT2D eigenvalue weighted by atomic mass is 16.5. The molecule has 104 valence electrons. The average molecular weight is 276 g/mol. The van der Waals surface area contributed by atoms with E-state index in [1.165, 1.54) is 0 Å². The van der Waals surface area contributed by atoms with E-state index in [4.69, 9.17) is 4.74 Å². The van der Waals surface area contributed by atoms with E-state index in [0.717, 1.165) is 33.7 Å². The van der Waals surface area contributed by atoms with Crippen LogP contribution in [0.5, 0.6) is 5.75 Å². The van der Waals surface area contributed by atoms with Crippen LogP contribution in [0.4, 0.5) is 0 Å². The number of nitrogens with zero attached hydrogens (tertiary/aromatic N) is 2. The molecule has 0 amide bonds. The van der Waals surface area contributed by atoms with E-state index >= 15 is 0 Å². The molecule has 3 rings (SSSR count). The molecule has 0 bridgehead atoms. The molecule has 0 fully saturated rings. The molecule has 0 unspecified atom stereocenters. The summed E-state index contributed by atoms with van der Waals surface area (Å²) in [5.41, 5.74) is 4.77. The van der Waals surface area contributed by atoms with Crippen molar-refractivity contribution in [2.75, 3.05) is 7.11 Å². The van der Waals surface area contributed by atoms with Crippen LogP contribution < -0.4 is 4.74 Å². The monoisotopic (exact) mass is 276 g/mol. The fourth-order valence-corrected chi connectivity index (χ4v) is 2.15. The van der Waals surface area contributed by atoms with Crippen LogP contribution in [0.15, 0.2) is 48.5 Å². The third kappa shape index (κ3) is 2.92. The van der Waals surface area contributed by atoms with Crippen LogP contribution in [0.25, 0.3) is 23.2 Å². The van der Waals surface area contributed by atoms with Crippen molar-refractivity contribution in [3.8, 4) is 5.75 Å². The van der Waals surface area contributed by atoms with Gasteiger partial charge in [0.1, 0.15) is 5.75 Å². The molecule has 0 atom stereocenters. The molecule has 3 aromatic rings. The van der Waals surface area contributed by atoms with Gasteiger partial charge in [0.25, 0.3) is 0 Å². The fraction of sp³-hybridized carbons (Fsp3) is 0.111. The Kier molecular flexibility index (Phi) is 3.65. The lowest BCUT2D eigenvalue weighted by Gasteiger charge is -2.03. The first kappa shape index (κ1) is 13.3. The van der Waals surface area contributed by atoms with E-state index in [2.05, 4.69) is 9.97 Å². The summed E-state index contributed by atoms with van der Waals surface area (Å²) < 4.78 is 5.15. The second kappa shape index (κ2) is 5.75. The molecule has 0 aliphatic heterocycles. The third-order valence-corrected chi connectivity index (χ3v) is 3.33. The first-order valence-corrected chi connectivity index (χ1v) is 6.82. The van der Waals surface area contributed by atoms with Crippen molar-refractivity contribution < 1.29 is 4.74 Å². The highest BCUT2D eigenvalue weighted by molar-refractivity contribution is 5.77. The topological polar surface area (TPSA) is 35.0 Å². The number of aromatic nitrogens is 2. The van der Waals surface area contributed by atoms with Crippen LogP contribution >= 0.6 is 0 Å². The minimum Gasteiger partial charge on any atom is -0.497 e. The van der Waals surface area contributed by atoms with E-state index < -0.39 is 0 Å². The van der Waals surface area contributed by atoms with Crippen LogP contribution in [-0.2, 0) is 0 Å². The van der Waals surface area contributed by atoms with E-state index in [1.54, 1.807) is 7.11 Å². The molecule has 0 saturated heterocycles. The Morgan fingerprint density at radius 3 is 2.19 bits per heavy atom.